The first-order valence-corrected chi connectivity index (χ1v) is 4.27. The van der Waals surface area contributed by atoms with E-state index in [-0.39, 0.29) is 6.04 Å². The van der Waals surface area contributed by atoms with Crippen molar-refractivity contribution in [2.45, 2.75) is 25.3 Å². The van der Waals surface area contributed by atoms with Crippen LogP contribution in [0.4, 0.5) is 8.78 Å². The molecule has 13 heavy (non-hydrogen) atoms. The maximum Gasteiger partial charge on any atom is 0.321 e. The highest BCUT2D eigenvalue weighted by Gasteiger charge is 2.34. The van der Waals surface area contributed by atoms with Gasteiger partial charge < -0.3 is 10.2 Å². The third-order valence-corrected chi connectivity index (χ3v) is 2.13. The number of amides is 1. The SMILES string of the molecule is CN1CC[C@H](NC(=O)C(C)(F)F)C1. The summed E-state index contributed by atoms with van der Waals surface area (Å²) in [6, 6.07) is -0.122. The molecule has 0 saturated carbocycles. The molecule has 0 aliphatic carbocycles. The first-order valence-electron chi connectivity index (χ1n) is 4.27. The largest absolute Gasteiger partial charge is 0.347 e. The van der Waals surface area contributed by atoms with Crippen molar-refractivity contribution in [3.05, 3.63) is 0 Å². The first kappa shape index (κ1) is 10.4. The van der Waals surface area contributed by atoms with Crippen molar-refractivity contribution in [2.24, 2.45) is 0 Å². The molecule has 5 heteroatoms. The third-order valence-electron chi connectivity index (χ3n) is 2.13. The predicted molar refractivity (Wildman–Crippen MR) is 44.7 cm³/mol. The molecule has 1 aliphatic heterocycles. The van der Waals surface area contributed by atoms with Gasteiger partial charge in [0.2, 0.25) is 0 Å². The molecular formula is C8H14F2N2O. The van der Waals surface area contributed by atoms with E-state index in [0.29, 0.717) is 13.5 Å². The molecule has 3 nitrogen and oxygen atoms in total. The molecule has 0 radical (unpaired) electrons. The zero-order valence-corrected chi connectivity index (χ0v) is 7.81. The number of nitrogens with zero attached hydrogens (tertiary/aromatic N) is 1. The Morgan fingerprint density at radius 2 is 2.23 bits per heavy atom. The highest BCUT2D eigenvalue weighted by molar-refractivity contribution is 5.83. The molecule has 1 heterocycles. The van der Waals surface area contributed by atoms with E-state index in [9.17, 15) is 13.6 Å². The van der Waals surface area contributed by atoms with Crippen molar-refractivity contribution in [3.63, 3.8) is 0 Å². The standard InChI is InChI=1S/C8H14F2N2O/c1-8(9,10)7(13)11-6-3-4-12(2)5-6/h6H,3-5H2,1-2H3,(H,11,13)/t6-/m0/s1. The zero-order chi connectivity index (χ0) is 10.1. The fourth-order valence-corrected chi connectivity index (χ4v) is 1.36. The molecule has 1 aliphatic rings. The molecule has 0 unspecified atom stereocenters. The van der Waals surface area contributed by atoms with Crippen LogP contribution in [0.3, 0.4) is 0 Å². The topological polar surface area (TPSA) is 32.3 Å². The molecular weight excluding hydrogens is 178 g/mol. The summed E-state index contributed by atoms with van der Waals surface area (Å²) in [5, 5.41) is 2.32. The van der Waals surface area contributed by atoms with Crippen molar-refractivity contribution in [2.75, 3.05) is 20.1 Å². The number of halogens is 2. The summed E-state index contributed by atoms with van der Waals surface area (Å²) in [6.07, 6.45) is 0.748. The van der Waals surface area contributed by atoms with Crippen molar-refractivity contribution in [1.82, 2.24) is 10.2 Å². The number of carbonyl (C=O) groups excluding carboxylic acids is 1. The van der Waals surface area contributed by atoms with Gasteiger partial charge in [0.25, 0.3) is 5.91 Å². The predicted octanol–water partition coefficient (Wildman–Crippen LogP) is 0.462. The van der Waals surface area contributed by atoms with Crippen LogP contribution in [0.25, 0.3) is 0 Å². The van der Waals surface area contributed by atoms with Crippen molar-refractivity contribution in [1.29, 1.82) is 0 Å². The summed E-state index contributed by atoms with van der Waals surface area (Å²) in [5.41, 5.74) is 0. The van der Waals surface area contributed by atoms with Crippen LogP contribution in [0.5, 0.6) is 0 Å². The molecule has 0 aromatic rings. The summed E-state index contributed by atoms with van der Waals surface area (Å²) >= 11 is 0. The van der Waals surface area contributed by atoms with Gasteiger partial charge >= 0.3 is 5.92 Å². The molecule has 1 N–H and O–H groups in total. The highest BCUT2D eigenvalue weighted by Crippen LogP contribution is 2.13. The number of hydrogen-bond acceptors (Lipinski definition) is 2. The van der Waals surface area contributed by atoms with Crippen LogP contribution >= 0.6 is 0 Å². The quantitative estimate of drug-likeness (QED) is 0.689. The van der Waals surface area contributed by atoms with Crippen LogP contribution < -0.4 is 5.32 Å². The second-order valence-corrected chi connectivity index (χ2v) is 3.61. The molecule has 0 aromatic carbocycles. The highest BCUT2D eigenvalue weighted by atomic mass is 19.3. The van der Waals surface area contributed by atoms with Gasteiger partial charge in [0.05, 0.1) is 0 Å². The number of nitrogens with one attached hydrogen (secondary N) is 1. The third kappa shape index (κ3) is 2.91. The Morgan fingerprint density at radius 1 is 1.62 bits per heavy atom. The molecule has 1 fully saturated rings. The van der Waals surface area contributed by atoms with Gasteiger partial charge in [-0.3, -0.25) is 4.79 Å². The van der Waals surface area contributed by atoms with Crippen LogP contribution in [-0.4, -0.2) is 42.9 Å². The van der Waals surface area contributed by atoms with Crippen molar-refractivity contribution in [3.8, 4) is 0 Å². The average Bonchev–Trinajstić information content (AvgIpc) is 2.33. The van der Waals surface area contributed by atoms with Gasteiger partial charge in [-0.15, -0.1) is 0 Å². The summed E-state index contributed by atoms with van der Waals surface area (Å²) in [4.78, 5) is 12.8. The summed E-state index contributed by atoms with van der Waals surface area (Å²) in [7, 11) is 1.90. The van der Waals surface area contributed by atoms with Crippen LogP contribution in [0, 0.1) is 0 Å². The first-order chi connectivity index (χ1) is 5.89. The van der Waals surface area contributed by atoms with Gasteiger partial charge in [0, 0.05) is 19.5 Å². The molecule has 1 rings (SSSR count). The van der Waals surface area contributed by atoms with Gasteiger partial charge in [-0.05, 0) is 20.0 Å². The van der Waals surface area contributed by atoms with Crippen LogP contribution in [-0.2, 0) is 4.79 Å². The zero-order valence-electron chi connectivity index (χ0n) is 7.81. The number of alkyl halides is 2. The van der Waals surface area contributed by atoms with Gasteiger partial charge in [0.15, 0.2) is 0 Å². The van der Waals surface area contributed by atoms with E-state index in [0.717, 1.165) is 13.0 Å². The van der Waals surface area contributed by atoms with Crippen molar-refractivity contribution >= 4 is 5.91 Å². The second kappa shape index (κ2) is 3.57. The average molecular weight is 192 g/mol. The number of carbonyl (C=O) groups is 1. The Hall–Kier alpha value is -0.710. The minimum Gasteiger partial charge on any atom is -0.347 e. The lowest BCUT2D eigenvalue weighted by Gasteiger charge is -2.16. The normalized spacial score (nSPS) is 24.8. The Labute approximate surface area is 76.1 Å². The molecule has 0 aromatic heterocycles. The summed E-state index contributed by atoms with van der Waals surface area (Å²) in [5.74, 6) is -4.44. The fourth-order valence-electron chi connectivity index (χ4n) is 1.36. The molecule has 1 atom stereocenters. The smallest absolute Gasteiger partial charge is 0.321 e. The Kier molecular flexibility index (Phi) is 2.85. The maximum atomic E-state index is 12.4. The van der Waals surface area contributed by atoms with E-state index >= 15 is 0 Å². The molecule has 76 valence electrons. The Bertz CT molecular complexity index is 203. The lowest BCUT2D eigenvalue weighted by Crippen LogP contribution is -2.44. The van der Waals surface area contributed by atoms with Gasteiger partial charge in [-0.25, -0.2) is 0 Å². The monoisotopic (exact) mass is 192 g/mol. The fraction of sp³-hybridized carbons (Fsp3) is 0.875. The summed E-state index contributed by atoms with van der Waals surface area (Å²) in [6.45, 7) is 2.11. The number of rotatable bonds is 2. The van der Waals surface area contributed by atoms with Crippen LogP contribution in [0.15, 0.2) is 0 Å². The van der Waals surface area contributed by atoms with E-state index in [1.807, 2.05) is 11.9 Å². The lowest BCUT2D eigenvalue weighted by molar-refractivity contribution is -0.143. The minimum absolute atomic E-state index is 0.122. The summed E-state index contributed by atoms with van der Waals surface area (Å²) < 4.78 is 24.9. The molecule has 1 amide bonds. The van der Waals surface area contributed by atoms with Gasteiger partial charge in [0.1, 0.15) is 0 Å². The van der Waals surface area contributed by atoms with E-state index in [2.05, 4.69) is 5.32 Å². The van der Waals surface area contributed by atoms with Crippen LogP contribution in [0.2, 0.25) is 0 Å². The molecule has 0 bridgehead atoms. The number of hydrogen-bond donors (Lipinski definition) is 1. The Morgan fingerprint density at radius 3 is 2.62 bits per heavy atom. The number of likely N-dealkylation sites (tertiary alicyclic amines) is 1. The maximum absolute atomic E-state index is 12.4. The Balaban J connectivity index is 2.37. The minimum atomic E-state index is -3.26. The molecule has 1 saturated heterocycles. The second-order valence-electron chi connectivity index (χ2n) is 3.61. The van der Waals surface area contributed by atoms with E-state index in [1.54, 1.807) is 0 Å². The van der Waals surface area contributed by atoms with Gasteiger partial charge in [-0.2, -0.15) is 8.78 Å². The lowest BCUT2D eigenvalue weighted by atomic mass is 10.2. The van der Waals surface area contributed by atoms with Crippen LogP contribution in [0.1, 0.15) is 13.3 Å². The number of likely N-dealkylation sites (N-methyl/N-ethyl adjacent to an activating group) is 1. The van der Waals surface area contributed by atoms with E-state index in [1.165, 1.54) is 0 Å². The van der Waals surface area contributed by atoms with Gasteiger partial charge in [-0.1, -0.05) is 0 Å². The molecule has 0 spiro atoms. The van der Waals surface area contributed by atoms with E-state index < -0.39 is 11.8 Å². The van der Waals surface area contributed by atoms with E-state index in [4.69, 9.17) is 0 Å². The van der Waals surface area contributed by atoms with Crippen molar-refractivity contribution < 1.29 is 13.6 Å².